The Labute approximate surface area is 109 Å². The molecule has 2 aromatic carbocycles. The van der Waals surface area contributed by atoms with Crippen LogP contribution < -0.4 is 5.73 Å². The van der Waals surface area contributed by atoms with Gasteiger partial charge in [0.05, 0.1) is 6.04 Å². The van der Waals surface area contributed by atoms with Crippen LogP contribution >= 0.6 is 11.8 Å². The van der Waals surface area contributed by atoms with Crippen molar-refractivity contribution in [2.75, 3.05) is 6.26 Å². The zero-order chi connectivity index (χ0) is 13.1. The molecule has 1 nitrogen and oxygen atoms in total. The van der Waals surface area contributed by atoms with E-state index in [1.165, 1.54) is 23.9 Å². The molecule has 0 heterocycles. The second-order valence-electron chi connectivity index (χ2n) is 3.86. The van der Waals surface area contributed by atoms with Crippen LogP contribution in [0.25, 0.3) is 0 Å². The van der Waals surface area contributed by atoms with Gasteiger partial charge in [0.1, 0.15) is 0 Å². The number of nitrogens with two attached hydrogens (primary N) is 1. The van der Waals surface area contributed by atoms with Crippen LogP contribution in [0.1, 0.15) is 17.2 Å². The SMILES string of the molecule is CSc1ccccc1C(N)c1cccc(F)c1F. The van der Waals surface area contributed by atoms with Crippen molar-refractivity contribution in [2.45, 2.75) is 10.9 Å². The van der Waals surface area contributed by atoms with Crippen LogP contribution in [0.4, 0.5) is 8.78 Å². The first-order chi connectivity index (χ1) is 8.65. The quantitative estimate of drug-likeness (QED) is 0.856. The second-order valence-corrected chi connectivity index (χ2v) is 4.71. The van der Waals surface area contributed by atoms with Crippen LogP contribution in [-0.4, -0.2) is 6.26 Å². The van der Waals surface area contributed by atoms with Crippen molar-refractivity contribution in [1.82, 2.24) is 0 Å². The molecule has 18 heavy (non-hydrogen) atoms. The van der Waals surface area contributed by atoms with Crippen molar-refractivity contribution in [3.63, 3.8) is 0 Å². The number of halogens is 2. The molecule has 2 N–H and O–H groups in total. The fourth-order valence-corrected chi connectivity index (χ4v) is 2.50. The summed E-state index contributed by atoms with van der Waals surface area (Å²) in [7, 11) is 0. The summed E-state index contributed by atoms with van der Waals surface area (Å²) in [4.78, 5) is 0.966. The van der Waals surface area contributed by atoms with Crippen molar-refractivity contribution in [3.8, 4) is 0 Å². The highest BCUT2D eigenvalue weighted by Crippen LogP contribution is 2.30. The van der Waals surface area contributed by atoms with Crippen LogP contribution in [0.2, 0.25) is 0 Å². The number of rotatable bonds is 3. The Morgan fingerprint density at radius 2 is 1.67 bits per heavy atom. The van der Waals surface area contributed by atoms with Gasteiger partial charge < -0.3 is 5.73 Å². The van der Waals surface area contributed by atoms with Crippen molar-refractivity contribution in [3.05, 3.63) is 65.2 Å². The zero-order valence-electron chi connectivity index (χ0n) is 9.86. The molecule has 0 spiro atoms. The van der Waals surface area contributed by atoms with Gasteiger partial charge in [-0.25, -0.2) is 8.78 Å². The summed E-state index contributed by atoms with van der Waals surface area (Å²) < 4.78 is 26.9. The second kappa shape index (κ2) is 5.50. The first-order valence-electron chi connectivity index (χ1n) is 5.47. The molecule has 0 saturated heterocycles. The van der Waals surface area contributed by atoms with Crippen LogP contribution in [0, 0.1) is 11.6 Å². The van der Waals surface area contributed by atoms with E-state index in [0.29, 0.717) is 0 Å². The van der Waals surface area contributed by atoms with Gasteiger partial charge in [-0.05, 0) is 24.0 Å². The third kappa shape index (κ3) is 2.40. The van der Waals surface area contributed by atoms with E-state index in [9.17, 15) is 8.78 Å². The minimum absolute atomic E-state index is 0.177. The lowest BCUT2D eigenvalue weighted by Crippen LogP contribution is -2.15. The lowest BCUT2D eigenvalue weighted by molar-refractivity contribution is 0.494. The lowest BCUT2D eigenvalue weighted by atomic mass is 9.99. The molecular formula is C14H13F2NS. The molecule has 0 aliphatic heterocycles. The van der Waals surface area contributed by atoms with Gasteiger partial charge >= 0.3 is 0 Å². The Bertz CT molecular complexity index is 557. The topological polar surface area (TPSA) is 26.0 Å². The standard InChI is InChI=1S/C14H13F2NS/c1-18-12-8-3-2-5-9(12)14(17)10-6-4-7-11(15)13(10)16/h2-8,14H,17H2,1H3. The molecule has 1 unspecified atom stereocenters. The Hall–Kier alpha value is -1.39. The molecule has 94 valence electrons. The van der Waals surface area contributed by atoms with Crippen LogP contribution in [0.15, 0.2) is 47.4 Å². The molecule has 0 amide bonds. The Morgan fingerprint density at radius 1 is 1.00 bits per heavy atom. The van der Waals surface area contributed by atoms with E-state index in [2.05, 4.69) is 0 Å². The molecule has 4 heteroatoms. The molecule has 0 aliphatic rings. The van der Waals surface area contributed by atoms with Gasteiger partial charge in [0, 0.05) is 10.5 Å². The maximum atomic E-state index is 13.7. The van der Waals surface area contributed by atoms with Crippen LogP contribution in [0.3, 0.4) is 0 Å². The third-order valence-electron chi connectivity index (χ3n) is 2.79. The van der Waals surface area contributed by atoms with Crippen molar-refractivity contribution < 1.29 is 8.78 Å². The predicted octanol–water partition coefficient (Wildman–Crippen LogP) is 3.73. The molecule has 2 rings (SSSR count). The van der Waals surface area contributed by atoms with E-state index >= 15 is 0 Å². The fourth-order valence-electron chi connectivity index (χ4n) is 1.85. The van der Waals surface area contributed by atoms with E-state index in [0.717, 1.165) is 16.5 Å². The third-order valence-corrected chi connectivity index (χ3v) is 3.60. The monoisotopic (exact) mass is 265 g/mol. The number of hydrogen-bond donors (Lipinski definition) is 1. The fraction of sp³-hybridized carbons (Fsp3) is 0.143. The van der Waals surface area contributed by atoms with E-state index in [-0.39, 0.29) is 5.56 Å². The van der Waals surface area contributed by atoms with E-state index in [4.69, 9.17) is 5.73 Å². The summed E-state index contributed by atoms with van der Waals surface area (Å²) in [5.74, 6) is -1.74. The smallest absolute Gasteiger partial charge is 0.163 e. The summed E-state index contributed by atoms with van der Waals surface area (Å²) in [5, 5.41) is 0. The average molecular weight is 265 g/mol. The number of thioether (sulfide) groups is 1. The average Bonchev–Trinajstić information content (AvgIpc) is 2.41. The molecule has 0 radical (unpaired) electrons. The molecule has 0 aliphatic carbocycles. The zero-order valence-corrected chi connectivity index (χ0v) is 10.7. The minimum Gasteiger partial charge on any atom is -0.320 e. The summed E-state index contributed by atoms with van der Waals surface area (Å²) in [6.07, 6.45) is 1.92. The van der Waals surface area contributed by atoms with Crippen molar-refractivity contribution in [2.24, 2.45) is 5.73 Å². The maximum absolute atomic E-state index is 13.7. The van der Waals surface area contributed by atoms with E-state index in [1.54, 1.807) is 0 Å². The first kappa shape index (κ1) is 13.1. The van der Waals surface area contributed by atoms with Crippen molar-refractivity contribution >= 4 is 11.8 Å². The Kier molecular flexibility index (Phi) is 3.99. The van der Waals surface area contributed by atoms with Gasteiger partial charge in [0.25, 0.3) is 0 Å². The highest BCUT2D eigenvalue weighted by atomic mass is 32.2. The summed E-state index contributed by atoms with van der Waals surface area (Å²) >= 11 is 1.53. The first-order valence-corrected chi connectivity index (χ1v) is 6.70. The number of benzene rings is 2. The van der Waals surface area contributed by atoms with Gasteiger partial charge in [0.2, 0.25) is 0 Å². The van der Waals surface area contributed by atoms with Gasteiger partial charge in [-0.15, -0.1) is 11.8 Å². The van der Waals surface area contributed by atoms with Crippen LogP contribution in [0.5, 0.6) is 0 Å². The molecule has 0 fully saturated rings. The summed E-state index contributed by atoms with van der Waals surface area (Å²) in [6.45, 7) is 0. The summed E-state index contributed by atoms with van der Waals surface area (Å²) in [6, 6.07) is 10.9. The molecule has 0 saturated carbocycles. The van der Waals surface area contributed by atoms with Gasteiger partial charge in [0.15, 0.2) is 11.6 Å². The van der Waals surface area contributed by atoms with Gasteiger partial charge in [-0.2, -0.15) is 0 Å². The molecule has 0 bridgehead atoms. The van der Waals surface area contributed by atoms with E-state index < -0.39 is 17.7 Å². The minimum atomic E-state index is -0.874. The molecular weight excluding hydrogens is 252 g/mol. The Balaban J connectivity index is 2.48. The largest absolute Gasteiger partial charge is 0.320 e. The van der Waals surface area contributed by atoms with E-state index in [1.807, 2.05) is 30.5 Å². The Morgan fingerprint density at radius 3 is 2.39 bits per heavy atom. The highest BCUT2D eigenvalue weighted by Gasteiger charge is 2.18. The molecule has 1 atom stereocenters. The van der Waals surface area contributed by atoms with Crippen molar-refractivity contribution in [1.29, 1.82) is 0 Å². The molecule has 0 aromatic heterocycles. The van der Waals surface area contributed by atoms with Gasteiger partial charge in [-0.1, -0.05) is 30.3 Å². The lowest BCUT2D eigenvalue weighted by Gasteiger charge is -2.16. The number of hydrogen-bond acceptors (Lipinski definition) is 2. The highest BCUT2D eigenvalue weighted by molar-refractivity contribution is 7.98. The molecule has 2 aromatic rings. The normalized spacial score (nSPS) is 12.4. The summed E-state index contributed by atoms with van der Waals surface area (Å²) in [5.41, 5.74) is 7.02. The van der Waals surface area contributed by atoms with Gasteiger partial charge in [-0.3, -0.25) is 0 Å². The van der Waals surface area contributed by atoms with Crippen LogP contribution in [-0.2, 0) is 0 Å². The predicted molar refractivity (Wildman–Crippen MR) is 70.6 cm³/mol. The maximum Gasteiger partial charge on any atom is 0.163 e.